The monoisotopic (exact) mass is 549 g/mol. The number of benzene rings is 1. The summed E-state index contributed by atoms with van der Waals surface area (Å²) in [5, 5.41) is 11.1. The number of anilines is 1. The van der Waals surface area contributed by atoms with Crippen LogP contribution in [0.4, 0.5) is 5.69 Å². The van der Waals surface area contributed by atoms with Crippen molar-refractivity contribution in [2.45, 2.75) is 0 Å². The Morgan fingerprint density at radius 2 is 2.06 bits per heavy atom. The van der Waals surface area contributed by atoms with Gasteiger partial charge in [0.05, 0.1) is 27.5 Å². The first kappa shape index (κ1) is 22.7. The largest absolute Gasteiger partial charge is 0.494 e. The summed E-state index contributed by atoms with van der Waals surface area (Å²) in [5.41, 5.74) is 1.38. The Bertz CT molecular complexity index is 1090. The lowest BCUT2D eigenvalue weighted by molar-refractivity contribution is -0.418. The number of carbonyl (C=O) groups excluding carboxylic acids is 1. The molecule has 2 aromatic rings. The fraction of sp³-hybridized carbons (Fsp3) is 0.143. The minimum Gasteiger partial charge on any atom is -0.494 e. The van der Waals surface area contributed by atoms with Gasteiger partial charge in [0.25, 0.3) is 11.6 Å². The fourth-order valence-corrected chi connectivity index (χ4v) is 4.44. The fourth-order valence-electron chi connectivity index (χ4n) is 2.93. The van der Waals surface area contributed by atoms with E-state index in [4.69, 9.17) is 9.47 Å². The minimum atomic E-state index is -0.512. The smallest absolute Gasteiger partial charge is 0.269 e. The van der Waals surface area contributed by atoms with E-state index in [9.17, 15) is 14.9 Å². The van der Waals surface area contributed by atoms with Crippen LogP contribution in [0.1, 0.15) is 15.9 Å². The van der Waals surface area contributed by atoms with Crippen molar-refractivity contribution in [3.63, 3.8) is 0 Å². The van der Waals surface area contributed by atoms with Crippen LogP contribution in [-0.2, 0) is 0 Å². The predicted molar refractivity (Wildman–Crippen MR) is 124 cm³/mol. The van der Waals surface area contributed by atoms with Crippen LogP contribution in [0.5, 0.6) is 11.6 Å². The second-order valence-corrected chi connectivity index (χ2v) is 8.00. The maximum atomic E-state index is 13.3. The third kappa shape index (κ3) is 5.02. The lowest BCUT2D eigenvalue weighted by Gasteiger charge is -2.29. The van der Waals surface area contributed by atoms with Crippen molar-refractivity contribution < 1.29 is 19.2 Å². The molecule has 0 N–H and O–H groups in total. The number of halogens is 2. The van der Waals surface area contributed by atoms with Gasteiger partial charge in [-0.2, -0.15) is 0 Å². The van der Waals surface area contributed by atoms with Crippen LogP contribution in [0.25, 0.3) is 6.08 Å². The SMILES string of the molecule is C=CC=C(C=Cc1cnc2c(c1)N(C(=O)c1cc(Br)c(OC)c(Br)c1)CCO2)[N+](=O)[O-]. The maximum absolute atomic E-state index is 13.3. The van der Waals surface area contributed by atoms with Crippen LogP contribution in [0, 0.1) is 10.1 Å². The molecule has 0 unspecified atom stereocenters. The van der Waals surface area contributed by atoms with Crippen molar-refractivity contribution in [1.82, 2.24) is 4.98 Å². The van der Waals surface area contributed by atoms with Gasteiger partial charge in [0.15, 0.2) is 0 Å². The van der Waals surface area contributed by atoms with Crippen LogP contribution in [0.3, 0.4) is 0 Å². The second-order valence-electron chi connectivity index (χ2n) is 6.29. The minimum absolute atomic E-state index is 0.121. The normalized spacial score (nSPS) is 13.5. The van der Waals surface area contributed by atoms with E-state index in [-0.39, 0.29) is 11.6 Å². The molecule has 0 saturated carbocycles. The van der Waals surface area contributed by atoms with Gasteiger partial charge in [-0.05, 0) is 61.7 Å². The molecule has 3 rings (SSSR count). The summed E-state index contributed by atoms with van der Waals surface area (Å²) in [6, 6.07) is 5.07. The number of hydrogen-bond donors (Lipinski definition) is 0. The Morgan fingerprint density at radius 1 is 1.35 bits per heavy atom. The summed E-state index contributed by atoms with van der Waals surface area (Å²) in [7, 11) is 1.54. The molecule has 1 amide bonds. The molecule has 1 aliphatic heterocycles. The molecule has 0 saturated heterocycles. The first-order valence-electron chi connectivity index (χ1n) is 8.98. The number of hydrogen-bond acceptors (Lipinski definition) is 6. The Labute approximate surface area is 195 Å². The molecule has 31 heavy (non-hydrogen) atoms. The van der Waals surface area contributed by atoms with E-state index in [1.165, 1.54) is 24.4 Å². The van der Waals surface area contributed by atoms with Gasteiger partial charge < -0.3 is 14.4 Å². The Kier molecular flexibility index (Phi) is 7.24. The Hall–Kier alpha value is -2.98. The summed E-state index contributed by atoms with van der Waals surface area (Å²) >= 11 is 6.83. The highest BCUT2D eigenvalue weighted by molar-refractivity contribution is 9.11. The molecule has 1 aromatic heterocycles. The van der Waals surface area contributed by atoms with Crippen molar-refractivity contribution in [2.24, 2.45) is 0 Å². The third-order valence-corrected chi connectivity index (χ3v) is 5.52. The Morgan fingerprint density at radius 3 is 2.68 bits per heavy atom. The van der Waals surface area contributed by atoms with E-state index in [0.717, 1.165) is 0 Å². The number of rotatable bonds is 6. The molecule has 0 spiro atoms. The number of pyridine rings is 1. The van der Waals surface area contributed by atoms with Crippen molar-refractivity contribution in [2.75, 3.05) is 25.2 Å². The average molecular weight is 551 g/mol. The zero-order valence-corrected chi connectivity index (χ0v) is 19.6. The summed E-state index contributed by atoms with van der Waals surface area (Å²) < 4.78 is 12.1. The molecular weight excluding hydrogens is 534 g/mol. The van der Waals surface area contributed by atoms with E-state index in [2.05, 4.69) is 43.4 Å². The van der Waals surface area contributed by atoms with Crippen molar-refractivity contribution in [3.8, 4) is 11.6 Å². The molecule has 0 bridgehead atoms. The van der Waals surface area contributed by atoms with E-state index < -0.39 is 4.92 Å². The number of ether oxygens (including phenoxy) is 2. The number of nitro groups is 1. The maximum Gasteiger partial charge on any atom is 0.269 e. The number of amides is 1. The van der Waals surface area contributed by atoms with Gasteiger partial charge in [-0.3, -0.25) is 14.9 Å². The van der Waals surface area contributed by atoms with Gasteiger partial charge in [-0.1, -0.05) is 12.7 Å². The van der Waals surface area contributed by atoms with Gasteiger partial charge in [0, 0.05) is 23.9 Å². The number of nitrogens with zero attached hydrogens (tertiary/aromatic N) is 3. The van der Waals surface area contributed by atoms with Gasteiger partial charge in [-0.15, -0.1) is 0 Å². The predicted octanol–water partition coefficient (Wildman–Crippen LogP) is 5.01. The number of fused-ring (bicyclic) bond motifs is 1. The molecule has 10 heteroatoms. The summed E-state index contributed by atoms with van der Waals surface area (Å²) in [4.78, 5) is 29.6. The molecule has 0 fully saturated rings. The molecule has 1 aromatic carbocycles. The van der Waals surface area contributed by atoms with Crippen molar-refractivity contribution >= 4 is 49.5 Å². The molecule has 160 valence electrons. The zero-order chi connectivity index (χ0) is 22.5. The van der Waals surface area contributed by atoms with Gasteiger partial charge in [0.1, 0.15) is 18.0 Å². The van der Waals surface area contributed by atoms with E-state index >= 15 is 0 Å². The summed E-state index contributed by atoms with van der Waals surface area (Å²) in [5.74, 6) is 0.663. The number of allylic oxidation sites excluding steroid dienone is 3. The lowest BCUT2D eigenvalue weighted by Crippen LogP contribution is -2.38. The molecule has 0 atom stereocenters. The van der Waals surface area contributed by atoms with E-state index in [0.29, 0.717) is 50.5 Å². The molecule has 8 nitrogen and oxygen atoms in total. The van der Waals surface area contributed by atoms with E-state index in [1.54, 1.807) is 36.3 Å². The third-order valence-electron chi connectivity index (χ3n) is 4.34. The zero-order valence-electron chi connectivity index (χ0n) is 16.4. The summed E-state index contributed by atoms with van der Waals surface area (Å²) in [6.07, 6.45) is 7.05. The van der Waals surface area contributed by atoms with E-state index in [1.807, 2.05) is 0 Å². The van der Waals surface area contributed by atoms with Gasteiger partial charge >= 0.3 is 0 Å². The first-order chi connectivity index (χ1) is 14.8. The first-order valence-corrected chi connectivity index (χ1v) is 10.6. The van der Waals surface area contributed by atoms with Crippen LogP contribution in [0.15, 0.2) is 63.8 Å². The van der Waals surface area contributed by atoms with Crippen LogP contribution < -0.4 is 14.4 Å². The highest BCUT2D eigenvalue weighted by Gasteiger charge is 2.27. The molecule has 1 aliphatic rings. The van der Waals surface area contributed by atoms with Crippen LogP contribution >= 0.6 is 31.9 Å². The molecule has 2 heterocycles. The standard InChI is InChI=1S/C21H17Br2N3O5/c1-3-4-15(26(28)29)6-5-13-9-18-20(24-12-13)31-8-7-25(18)21(27)14-10-16(22)19(30-2)17(23)11-14/h3-6,9-12H,1,7-8H2,2H3. The van der Waals surface area contributed by atoms with Crippen LogP contribution in [-0.4, -0.2) is 36.1 Å². The summed E-state index contributed by atoms with van der Waals surface area (Å²) in [6.45, 7) is 4.10. The number of methoxy groups -OCH3 is 1. The quantitative estimate of drug-likeness (QED) is 0.285. The number of aromatic nitrogens is 1. The molecule has 0 radical (unpaired) electrons. The van der Waals surface area contributed by atoms with Gasteiger partial charge in [-0.25, -0.2) is 4.98 Å². The highest BCUT2D eigenvalue weighted by Crippen LogP contribution is 2.36. The second kappa shape index (κ2) is 9.88. The number of carbonyl (C=O) groups is 1. The molecular formula is C21H17Br2N3O5. The van der Waals surface area contributed by atoms with Crippen molar-refractivity contribution in [3.05, 3.63) is 85.1 Å². The average Bonchev–Trinajstić information content (AvgIpc) is 2.75. The topological polar surface area (TPSA) is 94.8 Å². The highest BCUT2D eigenvalue weighted by atomic mass is 79.9. The Balaban J connectivity index is 1.96. The lowest BCUT2D eigenvalue weighted by atomic mass is 10.1. The molecule has 0 aliphatic carbocycles. The van der Waals surface area contributed by atoms with Crippen molar-refractivity contribution in [1.29, 1.82) is 0 Å². The van der Waals surface area contributed by atoms with Crippen LogP contribution in [0.2, 0.25) is 0 Å². The van der Waals surface area contributed by atoms with Gasteiger partial charge in [0.2, 0.25) is 5.88 Å².